The molecule has 0 spiro atoms. The van der Waals surface area contributed by atoms with Gasteiger partial charge in [0.15, 0.2) is 0 Å². The number of halogens is 1. The Kier molecular flexibility index (Phi) is 6.66. The maximum absolute atomic E-state index is 12.9. The summed E-state index contributed by atoms with van der Waals surface area (Å²) in [6.45, 7) is 1.33. The fourth-order valence-electron chi connectivity index (χ4n) is 1.58. The van der Waals surface area contributed by atoms with E-state index in [4.69, 9.17) is 0 Å². The molecule has 0 atom stereocenters. The summed E-state index contributed by atoms with van der Waals surface area (Å²) in [6.07, 6.45) is 0.844. The molecular formula is C14H20FN3O2. The quantitative estimate of drug-likeness (QED) is 0.720. The number of carbonyl (C=O) groups is 2. The molecule has 0 aromatic heterocycles. The number of benzene rings is 1. The Hall–Kier alpha value is -1.95. The summed E-state index contributed by atoms with van der Waals surface area (Å²) in [5.74, 6) is -1.20. The molecule has 1 rings (SSSR count). The zero-order chi connectivity index (χ0) is 15.0. The van der Waals surface area contributed by atoms with Gasteiger partial charge in [-0.05, 0) is 45.3 Å². The molecule has 2 amide bonds. The van der Waals surface area contributed by atoms with Crippen molar-refractivity contribution in [2.24, 2.45) is 0 Å². The zero-order valence-electron chi connectivity index (χ0n) is 11.8. The second-order valence-corrected chi connectivity index (χ2v) is 4.70. The van der Waals surface area contributed by atoms with Gasteiger partial charge in [0, 0.05) is 12.1 Å². The fourth-order valence-corrected chi connectivity index (χ4v) is 1.58. The van der Waals surface area contributed by atoms with Crippen LogP contribution in [0.4, 0.5) is 4.39 Å². The summed E-state index contributed by atoms with van der Waals surface area (Å²) in [6, 6.07) is 5.33. The van der Waals surface area contributed by atoms with Gasteiger partial charge >= 0.3 is 0 Å². The van der Waals surface area contributed by atoms with Crippen molar-refractivity contribution in [3.8, 4) is 0 Å². The normalized spacial score (nSPS) is 10.4. The van der Waals surface area contributed by atoms with Crippen LogP contribution in [0.1, 0.15) is 16.8 Å². The predicted molar refractivity (Wildman–Crippen MR) is 74.9 cm³/mol. The Morgan fingerprint density at radius 3 is 2.65 bits per heavy atom. The lowest BCUT2D eigenvalue weighted by Crippen LogP contribution is -2.37. The van der Waals surface area contributed by atoms with Gasteiger partial charge in [-0.15, -0.1) is 0 Å². The molecule has 5 nitrogen and oxygen atoms in total. The van der Waals surface area contributed by atoms with Crippen LogP contribution < -0.4 is 10.6 Å². The van der Waals surface area contributed by atoms with Crippen molar-refractivity contribution in [1.29, 1.82) is 0 Å². The van der Waals surface area contributed by atoms with Crippen molar-refractivity contribution in [2.45, 2.75) is 6.42 Å². The van der Waals surface area contributed by atoms with Gasteiger partial charge in [-0.1, -0.05) is 6.07 Å². The molecule has 20 heavy (non-hydrogen) atoms. The van der Waals surface area contributed by atoms with E-state index < -0.39 is 11.7 Å². The third-order valence-corrected chi connectivity index (χ3v) is 2.60. The third kappa shape index (κ3) is 6.29. The summed E-state index contributed by atoms with van der Waals surface area (Å²) in [5.41, 5.74) is 0.199. The summed E-state index contributed by atoms with van der Waals surface area (Å²) in [5, 5.41) is 5.15. The number of hydrogen-bond acceptors (Lipinski definition) is 3. The molecule has 0 aliphatic heterocycles. The van der Waals surface area contributed by atoms with E-state index in [0.717, 1.165) is 19.0 Å². The van der Waals surface area contributed by atoms with Crippen LogP contribution in [-0.2, 0) is 4.79 Å². The summed E-state index contributed by atoms with van der Waals surface area (Å²) in [4.78, 5) is 25.2. The van der Waals surface area contributed by atoms with Gasteiger partial charge in [-0.25, -0.2) is 4.39 Å². The Balaban J connectivity index is 2.25. The minimum absolute atomic E-state index is 0.114. The van der Waals surface area contributed by atoms with Crippen LogP contribution in [0.3, 0.4) is 0 Å². The molecule has 0 saturated heterocycles. The molecule has 0 radical (unpaired) electrons. The Bertz CT molecular complexity index is 463. The van der Waals surface area contributed by atoms with Crippen molar-refractivity contribution in [3.05, 3.63) is 35.6 Å². The fraction of sp³-hybridized carbons (Fsp3) is 0.429. The van der Waals surface area contributed by atoms with E-state index in [0.29, 0.717) is 6.54 Å². The number of rotatable bonds is 7. The maximum atomic E-state index is 12.9. The van der Waals surface area contributed by atoms with Crippen LogP contribution in [-0.4, -0.2) is 50.4 Å². The van der Waals surface area contributed by atoms with Crippen LogP contribution >= 0.6 is 0 Å². The van der Waals surface area contributed by atoms with E-state index in [2.05, 4.69) is 10.6 Å². The van der Waals surface area contributed by atoms with Crippen molar-refractivity contribution in [2.75, 3.05) is 33.7 Å². The van der Waals surface area contributed by atoms with Gasteiger partial charge in [-0.2, -0.15) is 0 Å². The molecular weight excluding hydrogens is 261 g/mol. The van der Waals surface area contributed by atoms with E-state index >= 15 is 0 Å². The van der Waals surface area contributed by atoms with Crippen molar-refractivity contribution in [1.82, 2.24) is 15.5 Å². The van der Waals surface area contributed by atoms with Gasteiger partial charge in [0.2, 0.25) is 5.91 Å². The first kappa shape index (κ1) is 16.1. The van der Waals surface area contributed by atoms with E-state index in [9.17, 15) is 14.0 Å². The molecule has 1 aromatic carbocycles. The molecule has 0 bridgehead atoms. The molecule has 0 heterocycles. The first-order valence-corrected chi connectivity index (χ1v) is 6.44. The molecule has 6 heteroatoms. The first-order chi connectivity index (χ1) is 9.49. The van der Waals surface area contributed by atoms with E-state index in [1.807, 2.05) is 19.0 Å². The Morgan fingerprint density at radius 2 is 2.00 bits per heavy atom. The summed E-state index contributed by atoms with van der Waals surface area (Å²) in [7, 11) is 3.92. The Labute approximate surface area is 118 Å². The van der Waals surface area contributed by atoms with Gasteiger partial charge < -0.3 is 15.5 Å². The molecule has 0 unspecified atom stereocenters. The van der Waals surface area contributed by atoms with Crippen molar-refractivity contribution in [3.63, 3.8) is 0 Å². The lowest BCUT2D eigenvalue weighted by Gasteiger charge is -2.10. The molecule has 110 valence electrons. The molecule has 0 fully saturated rings. The number of carbonyl (C=O) groups excluding carboxylic acids is 2. The number of nitrogens with one attached hydrogen (secondary N) is 2. The average molecular weight is 281 g/mol. The number of amides is 2. The highest BCUT2D eigenvalue weighted by Gasteiger charge is 2.08. The van der Waals surface area contributed by atoms with E-state index in [-0.39, 0.29) is 18.0 Å². The lowest BCUT2D eigenvalue weighted by atomic mass is 10.2. The van der Waals surface area contributed by atoms with Gasteiger partial charge in [0.05, 0.1) is 6.54 Å². The predicted octanol–water partition coefficient (Wildman–Crippen LogP) is 0.623. The van der Waals surface area contributed by atoms with E-state index in [1.165, 1.54) is 18.2 Å². The smallest absolute Gasteiger partial charge is 0.251 e. The zero-order valence-corrected chi connectivity index (χ0v) is 11.8. The van der Waals surface area contributed by atoms with Crippen molar-refractivity contribution < 1.29 is 14.0 Å². The molecule has 2 N–H and O–H groups in total. The van der Waals surface area contributed by atoms with Gasteiger partial charge in [0.25, 0.3) is 5.91 Å². The van der Waals surface area contributed by atoms with E-state index in [1.54, 1.807) is 0 Å². The monoisotopic (exact) mass is 281 g/mol. The van der Waals surface area contributed by atoms with Crippen LogP contribution in [0.25, 0.3) is 0 Å². The number of nitrogens with zero attached hydrogens (tertiary/aromatic N) is 1. The first-order valence-electron chi connectivity index (χ1n) is 6.44. The Morgan fingerprint density at radius 1 is 1.25 bits per heavy atom. The second-order valence-electron chi connectivity index (χ2n) is 4.70. The SMILES string of the molecule is CN(C)CCCNC(=O)CNC(=O)c1cccc(F)c1. The summed E-state index contributed by atoms with van der Waals surface area (Å²) < 4.78 is 12.9. The highest BCUT2D eigenvalue weighted by atomic mass is 19.1. The van der Waals surface area contributed by atoms with Crippen LogP contribution in [0.15, 0.2) is 24.3 Å². The van der Waals surface area contributed by atoms with Gasteiger partial charge in [-0.3, -0.25) is 9.59 Å². The third-order valence-electron chi connectivity index (χ3n) is 2.60. The molecule has 0 aliphatic carbocycles. The van der Waals surface area contributed by atoms with Gasteiger partial charge in [0.1, 0.15) is 5.82 Å². The topological polar surface area (TPSA) is 61.4 Å². The minimum Gasteiger partial charge on any atom is -0.355 e. The average Bonchev–Trinajstić information content (AvgIpc) is 2.40. The van der Waals surface area contributed by atoms with Crippen molar-refractivity contribution >= 4 is 11.8 Å². The molecule has 1 aromatic rings. The largest absolute Gasteiger partial charge is 0.355 e. The summed E-state index contributed by atoms with van der Waals surface area (Å²) >= 11 is 0. The highest BCUT2D eigenvalue weighted by molar-refractivity contribution is 5.96. The van der Waals surface area contributed by atoms with Crippen LogP contribution in [0.2, 0.25) is 0 Å². The van der Waals surface area contributed by atoms with Crippen LogP contribution in [0, 0.1) is 5.82 Å². The minimum atomic E-state index is -0.481. The molecule has 0 aliphatic rings. The standard InChI is InChI=1S/C14H20FN3O2/c1-18(2)8-4-7-16-13(19)10-17-14(20)11-5-3-6-12(15)9-11/h3,5-6,9H,4,7-8,10H2,1-2H3,(H,16,19)(H,17,20). The maximum Gasteiger partial charge on any atom is 0.251 e. The second kappa shape index (κ2) is 8.27. The number of hydrogen-bond donors (Lipinski definition) is 2. The van der Waals surface area contributed by atoms with Crippen LogP contribution in [0.5, 0.6) is 0 Å². The molecule has 0 saturated carbocycles. The highest BCUT2D eigenvalue weighted by Crippen LogP contribution is 2.02. The lowest BCUT2D eigenvalue weighted by molar-refractivity contribution is -0.120.